The summed E-state index contributed by atoms with van der Waals surface area (Å²) in [7, 11) is 1.45. The zero-order valence-corrected chi connectivity index (χ0v) is 12.8. The number of nitrogens with one attached hydrogen (secondary N) is 1. The van der Waals surface area contributed by atoms with Crippen molar-refractivity contribution in [1.82, 2.24) is 0 Å². The Bertz CT molecular complexity index is 786. The van der Waals surface area contributed by atoms with Crippen molar-refractivity contribution >= 4 is 28.9 Å². The number of methoxy groups -OCH3 is 1. The number of carboxylic acids is 1. The summed E-state index contributed by atoms with van der Waals surface area (Å²) in [5.41, 5.74) is 1.67. The van der Waals surface area contributed by atoms with Gasteiger partial charge in [-0.15, -0.1) is 0 Å². The molecule has 2 aromatic carbocycles. The van der Waals surface area contributed by atoms with Gasteiger partial charge >= 0.3 is 5.97 Å². The van der Waals surface area contributed by atoms with Crippen molar-refractivity contribution < 1.29 is 19.4 Å². The second-order valence-electron chi connectivity index (χ2n) is 4.58. The maximum absolute atomic E-state index is 11.6. The number of ether oxygens (including phenoxy) is 1. The van der Waals surface area contributed by atoms with Crippen LogP contribution in [0.2, 0.25) is 0 Å². The van der Waals surface area contributed by atoms with Crippen LogP contribution in [0.1, 0.15) is 0 Å². The summed E-state index contributed by atoms with van der Waals surface area (Å²) >= 11 is 0. The quantitative estimate of drug-likeness (QED) is 0.624. The van der Waals surface area contributed by atoms with Crippen molar-refractivity contribution in [3.05, 3.63) is 60.7 Å². The van der Waals surface area contributed by atoms with E-state index < -0.39 is 11.9 Å². The van der Waals surface area contributed by atoms with E-state index in [9.17, 15) is 9.59 Å². The molecule has 122 valence electrons. The van der Waals surface area contributed by atoms with E-state index in [1.165, 1.54) is 7.11 Å². The van der Waals surface area contributed by atoms with E-state index in [1.807, 2.05) is 30.3 Å². The summed E-state index contributed by atoms with van der Waals surface area (Å²) in [6, 6.07) is 14.1. The minimum absolute atomic E-state index is 0.386. The molecule has 0 unspecified atom stereocenters. The number of carboxylic acid groups (broad SMARTS) is 1. The Morgan fingerprint density at radius 3 is 2.42 bits per heavy atom. The second-order valence-corrected chi connectivity index (χ2v) is 4.58. The summed E-state index contributed by atoms with van der Waals surface area (Å²) in [6.07, 6.45) is 1.68. The van der Waals surface area contributed by atoms with Gasteiger partial charge in [0.25, 0.3) is 0 Å². The molecule has 0 aliphatic rings. The van der Waals surface area contributed by atoms with Crippen molar-refractivity contribution in [3.63, 3.8) is 0 Å². The average Bonchev–Trinajstić information content (AvgIpc) is 2.60. The molecule has 1 amide bonds. The summed E-state index contributed by atoms with van der Waals surface area (Å²) in [5, 5.41) is 19.2. The molecule has 0 saturated carbocycles. The molecule has 2 rings (SSSR count). The van der Waals surface area contributed by atoms with Crippen molar-refractivity contribution in [2.24, 2.45) is 10.2 Å². The van der Waals surface area contributed by atoms with Crippen molar-refractivity contribution in [2.45, 2.75) is 0 Å². The lowest BCUT2D eigenvalue weighted by atomic mass is 10.2. The number of azo groups is 1. The third-order valence-electron chi connectivity index (χ3n) is 2.86. The minimum atomic E-state index is -1.20. The zero-order chi connectivity index (χ0) is 17.4. The molecule has 2 aromatic rings. The molecule has 7 nitrogen and oxygen atoms in total. The van der Waals surface area contributed by atoms with Gasteiger partial charge in [0.2, 0.25) is 5.91 Å². The van der Waals surface area contributed by atoms with Gasteiger partial charge in [-0.05, 0) is 24.3 Å². The van der Waals surface area contributed by atoms with Crippen LogP contribution < -0.4 is 10.1 Å². The number of benzene rings is 2. The van der Waals surface area contributed by atoms with Crippen LogP contribution in [-0.4, -0.2) is 24.1 Å². The second kappa shape index (κ2) is 8.23. The Hall–Kier alpha value is -3.48. The predicted molar refractivity (Wildman–Crippen MR) is 89.0 cm³/mol. The molecule has 24 heavy (non-hydrogen) atoms. The van der Waals surface area contributed by atoms with Gasteiger partial charge in [-0.25, -0.2) is 4.79 Å². The molecule has 0 aliphatic carbocycles. The molecule has 0 radical (unpaired) electrons. The number of carbonyl (C=O) groups excluding carboxylic acids is 1. The third kappa shape index (κ3) is 5.06. The predicted octanol–water partition coefficient (Wildman–Crippen LogP) is 3.69. The topological polar surface area (TPSA) is 100 Å². The molecule has 0 spiro atoms. The third-order valence-corrected chi connectivity index (χ3v) is 2.86. The highest BCUT2D eigenvalue weighted by Crippen LogP contribution is 2.30. The van der Waals surface area contributed by atoms with E-state index in [0.717, 1.165) is 12.2 Å². The van der Waals surface area contributed by atoms with Crippen LogP contribution in [0.5, 0.6) is 5.75 Å². The Morgan fingerprint density at radius 2 is 1.75 bits per heavy atom. The summed E-state index contributed by atoms with van der Waals surface area (Å²) < 4.78 is 5.21. The first-order chi connectivity index (χ1) is 11.6. The van der Waals surface area contributed by atoms with Gasteiger partial charge in [-0.2, -0.15) is 10.2 Å². The van der Waals surface area contributed by atoms with Crippen molar-refractivity contribution in [3.8, 4) is 5.75 Å². The Balaban J connectivity index is 2.14. The van der Waals surface area contributed by atoms with E-state index >= 15 is 0 Å². The van der Waals surface area contributed by atoms with Crippen molar-refractivity contribution in [2.75, 3.05) is 12.4 Å². The fourth-order valence-corrected chi connectivity index (χ4v) is 1.78. The van der Waals surface area contributed by atoms with Gasteiger partial charge in [0.15, 0.2) is 0 Å². The molecule has 0 bridgehead atoms. The molecule has 0 atom stereocenters. The lowest BCUT2D eigenvalue weighted by Gasteiger charge is -2.09. The van der Waals surface area contributed by atoms with Crippen LogP contribution in [-0.2, 0) is 9.59 Å². The van der Waals surface area contributed by atoms with Gasteiger partial charge in [0.1, 0.15) is 5.75 Å². The first-order valence-corrected chi connectivity index (χ1v) is 6.95. The number of rotatable bonds is 6. The fraction of sp³-hybridized carbons (Fsp3) is 0.0588. The summed E-state index contributed by atoms with van der Waals surface area (Å²) in [4.78, 5) is 22.0. The number of nitrogens with zero attached hydrogens (tertiary/aromatic N) is 2. The highest BCUT2D eigenvalue weighted by Gasteiger charge is 2.07. The van der Waals surface area contributed by atoms with Gasteiger partial charge in [0, 0.05) is 18.2 Å². The highest BCUT2D eigenvalue weighted by molar-refractivity contribution is 6.03. The van der Waals surface area contributed by atoms with Crippen LogP contribution in [0.15, 0.2) is 70.9 Å². The van der Waals surface area contributed by atoms with Crippen LogP contribution >= 0.6 is 0 Å². The highest BCUT2D eigenvalue weighted by atomic mass is 16.5. The van der Waals surface area contributed by atoms with Crippen molar-refractivity contribution in [1.29, 1.82) is 0 Å². The number of amides is 1. The SMILES string of the molecule is COc1cc(N=Nc2ccccc2)ccc1NC(=O)/C=C\C(=O)O. The van der Waals surface area contributed by atoms with E-state index in [0.29, 0.717) is 22.8 Å². The summed E-state index contributed by atoms with van der Waals surface area (Å²) in [5.74, 6) is -1.39. The Morgan fingerprint density at radius 1 is 1.04 bits per heavy atom. The fourth-order valence-electron chi connectivity index (χ4n) is 1.78. The Kier molecular flexibility index (Phi) is 5.79. The number of hydrogen-bond donors (Lipinski definition) is 2. The largest absolute Gasteiger partial charge is 0.494 e. The van der Waals surface area contributed by atoms with Gasteiger partial charge in [-0.3, -0.25) is 4.79 Å². The molecule has 0 aromatic heterocycles. The zero-order valence-electron chi connectivity index (χ0n) is 12.8. The molecular formula is C17H15N3O4. The normalized spacial score (nSPS) is 10.9. The van der Waals surface area contributed by atoms with Crippen LogP contribution in [0.4, 0.5) is 17.1 Å². The van der Waals surface area contributed by atoms with E-state index in [-0.39, 0.29) is 0 Å². The maximum atomic E-state index is 11.6. The van der Waals surface area contributed by atoms with Gasteiger partial charge < -0.3 is 15.2 Å². The molecular weight excluding hydrogens is 310 g/mol. The molecule has 0 fully saturated rings. The number of aliphatic carboxylic acids is 1. The molecule has 0 heterocycles. The molecule has 0 saturated heterocycles. The first-order valence-electron chi connectivity index (χ1n) is 6.95. The molecule has 2 N–H and O–H groups in total. The van der Waals surface area contributed by atoms with Crippen LogP contribution in [0.3, 0.4) is 0 Å². The monoisotopic (exact) mass is 325 g/mol. The average molecular weight is 325 g/mol. The van der Waals surface area contributed by atoms with E-state index in [2.05, 4.69) is 15.5 Å². The van der Waals surface area contributed by atoms with Gasteiger partial charge in [-0.1, -0.05) is 18.2 Å². The van der Waals surface area contributed by atoms with Crippen LogP contribution in [0.25, 0.3) is 0 Å². The summed E-state index contributed by atoms with van der Waals surface area (Å²) in [6.45, 7) is 0. The van der Waals surface area contributed by atoms with Gasteiger partial charge in [0.05, 0.1) is 24.2 Å². The maximum Gasteiger partial charge on any atom is 0.328 e. The molecule has 0 aliphatic heterocycles. The lowest BCUT2D eigenvalue weighted by Crippen LogP contribution is -2.09. The Labute approximate surface area is 138 Å². The van der Waals surface area contributed by atoms with Crippen LogP contribution in [0, 0.1) is 0 Å². The molecule has 7 heteroatoms. The minimum Gasteiger partial charge on any atom is -0.494 e. The van der Waals surface area contributed by atoms with E-state index in [4.69, 9.17) is 9.84 Å². The number of anilines is 1. The number of carbonyl (C=O) groups is 2. The standard InChI is InChI=1S/C17H15N3O4/c1-24-15-11-13(20-19-12-5-3-2-4-6-12)7-8-14(15)18-16(21)9-10-17(22)23/h2-11H,1H3,(H,18,21)(H,22,23)/b10-9-,20-19?. The smallest absolute Gasteiger partial charge is 0.328 e. The number of hydrogen-bond acceptors (Lipinski definition) is 5. The first kappa shape index (κ1) is 16.9. The lowest BCUT2D eigenvalue weighted by molar-refractivity contribution is -0.131. The van der Waals surface area contributed by atoms with E-state index in [1.54, 1.807) is 18.2 Å².